The molecule has 1 N–H and O–H groups in total. The molecule has 2 saturated heterocycles. The number of ether oxygens (including phenoxy) is 1. The number of ketones is 1. The van der Waals surface area contributed by atoms with E-state index in [2.05, 4.69) is 69.6 Å². The van der Waals surface area contributed by atoms with Crippen molar-refractivity contribution in [2.45, 2.75) is 169 Å². The molecule has 9 nitrogen and oxygen atoms in total. The largest absolute Gasteiger partial charge is 0.444 e. The van der Waals surface area contributed by atoms with Gasteiger partial charge in [0.15, 0.2) is 5.78 Å². The Bertz CT molecular complexity index is 1820. The van der Waals surface area contributed by atoms with Gasteiger partial charge >= 0.3 is 6.09 Å². The Hall–Kier alpha value is -3.62. The van der Waals surface area contributed by atoms with Gasteiger partial charge in [-0.2, -0.15) is 0 Å². The van der Waals surface area contributed by atoms with Gasteiger partial charge in [-0.15, -0.1) is 0 Å². The molecule has 0 radical (unpaired) electrons. The van der Waals surface area contributed by atoms with Crippen molar-refractivity contribution in [1.82, 2.24) is 19.7 Å². The van der Waals surface area contributed by atoms with Crippen LogP contribution < -0.4 is 16.0 Å². The average Bonchev–Trinajstić information content (AvgIpc) is 3.78. The molecule has 53 heavy (non-hydrogen) atoms. The van der Waals surface area contributed by atoms with Crippen molar-refractivity contribution < 1.29 is 19.1 Å². The Balaban J connectivity index is 1.30. The maximum atomic E-state index is 14.4. The van der Waals surface area contributed by atoms with E-state index >= 15 is 0 Å². The molecule has 4 atom stereocenters. The lowest BCUT2D eigenvalue weighted by Crippen LogP contribution is -2.63. The first-order valence-corrected chi connectivity index (χ1v) is 20.8. The molecule has 1 aromatic rings. The van der Waals surface area contributed by atoms with E-state index in [0.717, 1.165) is 110 Å². The maximum absolute atomic E-state index is 14.4. The summed E-state index contributed by atoms with van der Waals surface area (Å²) < 4.78 is 8.11. The van der Waals surface area contributed by atoms with Crippen LogP contribution in [0.15, 0.2) is 45.4 Å². The van der Waals surface area contributed by atoms with Crippen molar-refractivity contribution in [3.63, 3.8) is 0 Å². The highest BCUT2D eigenvalue weighted by Crippen LogP contribution is 2.42. The Morgan fingerprint density at radius 1 is 1.08 bits per heavy atom. The number of amides is 2. The number of nitrogens with zero attached hydrogens (tertiary/aromatic N) is 4. The van der Waals surface area contributed by atoms with Gasteiger partial charge in [-0.05, 0) is 128 Å². The highest BCUT2D eigenvalue weighted by Gasteiger charge is 2.53. The first-order valence-electron chi connectivity index (χ1n) is 20.8. The number of likely N-dealkylation sites (tertiary alicyclic amines) is 1. The van der Waals surface area contributed by atoms with Crippen molar-refractivity contribution in [3.05, 3.63) is 56.8 Å². The molecule has 0 spiro atoms. The normalized spacial score (nSPS) is 25.4. The fourth-order valence-electron chi connectivity index (χ4n) is 9.80. The summed E-state index contributed by atoms with van der Waals surface area (Å²) in [6.07, 6.45) is 16.4. The fraction of sp³-hybridized carbons (Fsp3) is 0.682. The zero-order valence-electron chi connectivity index (χ0n) is 34.1. The minimum atomic E-state index is -0.566. The molecule has 1 aromatic heterocycles. The molecular weight excluding hydrogens is 663 g/mol. The number of fused-ring (bicyclic) bond motifs is 3. The molecular formula is C44H65N5O4. The average molecular weight is 728 g/mol. The number of rotatable bonds is 11. The zero-order valence-corrected chi connectivity index (χ0v) is 34.1. The number of carbonyl (C=O) groups excluding carboxylic acids is 3. The van der Waals surface area contributed by atoms with Crippen LogP contribution in [-0.2, 0) is 9.53 Å². The number of Topliss-reactive ketones (excluding diaryl/α,β-unsaturated/α-hetero) is 1. The van der Waals surface area contributed by atoms with Crippen LogP contribution in [0.25, 0.3) is 6.08 Å². The van der Waals surface area contributed by atoms with Crippen molar-refractivity contribution in [3.8, 4) is 0 Å². The third-order valence-corrected chi connectivity index (χ3v) is 12.5. The number of piperazine rings is 1. The molecule has 0 aromatic carbocycles. The number of carbonyl (C=O) groups is 3. The molecule has 2 amide bonds. The Morgan fingerprint density at radius 3 is 2.43 bits per heavy atom. The molecule has 9 heteroatoms. The monoisotopic (exact) mass is 728 g/mol. The quantitative estimate of drug-likeness (QED) is 0.232. The SMILES string of the molecule is CCCC(CC)C(=O)c1cc2c(n1C1CCCC1)=NC(NC1=CC(C)=C(C(=O)N3CC4CCC(C)(C3)N4C(=O)OC(C)(C)C)C(CC)C1)=C(CC)CC=2. The Morgan fingerprint density at radius 2 is 1.81 bits per heavy atom. The van der Waals surface area contributed by atoms with Crippen LogP contribution in [0.4, 0.5) is 4.79 Å². The molecule has 3 aliphatic heterocycles. The molecule has 290 valence electrons. The van der Waals surface area contributed by atoms with Gasteiger partial charge < -0.3 is 19.5 Å². The lowest BCUT2D eigenvalue weighted by Gasteiger charge is -2.47. The van der Waals surface area contributed by atoms with E-state index in [-0.39, 0.29) is 35.7 Å². The lowest BCUT2D eigenvalue weighted by atomic mass is 9.82. The number of hydrogen-bond acceptors (Lipinski definition) is 6. The van der Waals surface area contributed by atoms with Gasteiger partial charge in [0.1, 0.15) is 16.9 Å². The summed E-state index contributed by atoms with van der Waals surface area (Å²) in [4.78, 5) is 51.1. The lowest BCUT2D eigenvalue weighted by molar-refractivity contribution is -0.133. The van der Waals surface area contributed by atoms with Crippen LogP contribution in [0.3, 0.4) is 0 Å². The predicted octanol–water partition coefficient (Wildman–Crippen LogP) is 8.26. The van der Waals surface area contributed by atoms with Crippen LogP contribution in [0, 0.1) is 11.8 Å². The molecule has 2 bridgehead atoms. The van der Waals surface area contributed by atoms with E-state index in [1.165, 1.54) is 18.4 Å². The first-order chi connectivity index (χ1) is 25.2. The molecule has 2 aliphatic carbocycles. The molecule has 4 unspecified atom stereocenters. The van der Waals surface area contributed by atoms with Crippen molar-refractivity contribution in [2.24, 2.45) is 16.8 Å². The van der Waals surface area contributed by atoms with Crippen LogP contribution >= 0.6 is 0 Å². The topological polar surface area (TPSA) is 96.2 Å². The summed E-state index contributed by atoms with van der Waals surface area (Å²) in [5, 5.41) is 4.86. The number of aromatic nitrogens is 1. The van der Waals surface area contributed by atoms with Gasteiger partial charge in [-0.3, -0.25) is 14.5 Å². The van der Waals surface area contributed by atoms with Gasteiger partial charge in [0, 0.05) is 41.5 Å². The van der Waals surface area contributed by atoms with E-state index in [1.807, 2.05) is 30.6 Å². The summed E-state index contributed by atoms with van der Waals surface area (Å²) in [7, 11) is 0. The van der Waals surface area contributed by atoms with E-state index in [4.69, 9.17) is 9.73 Å². The predicted molar refractivity (Wildman–Crippen MR) is 211 cm³/mol. The smallest absolute Gasteiger partial charge is 0.411 e. The van der Waals surface area contributed by atoms with Gasteiger partial charge in [0.2, 0.25) is 5.91 Å². The molecule has 4 heterocycles. The summed E-state index contributed by atoms with van der Waals surface area (Å²) in [5.74, 6) is 1.34. The Labute approximate surface area is 317 Å². The maximum Gasteiger partial charge on any atom is 0.411 e. The standard InChI is InChI=1S/C44H65N5O4/c1-10-16-29(11-2)38(50)36-25-32-20-19-30(12-3)39(46-40(32)48(36)34-17-14-15-18-34)45-33-23-28(5)37(31(13-4)24-33)41(51)47-26-35-21-22-44(9,27-47)49(35)42(52)53-43(6,7)8/h20,23,25,29,31,34-35,45H,10-19,21-22,24,26-27H2,1-9H3. The van der Waals surface area contributed by atoms with E-state index in [1.54, 1.807) is 0 Å². The van der Waals surface area contributed by atoms with E-state index in [0.29, 0.717) is 19.1 Å². The van der Waals surface area contributed by atoms with Crippen molar-refractivity contribution in [1.29, 1.82) is 0 Å². The molecule has 1 saturated carbocycles. The molecule has 5 aliphatic rings. The van der Waals surface area contributed by atoms with Gasteiger partial charge in [0.05, 0.1) is 17.3 Å². The molecule has 3 fully saturated rings. The fourth-order valence-corrected chi connectivity index (χ4v) is 9.80. The molecule has 6 rings (SSSR count). The third kappa shape index (κ3) is 7.82. The van der Waals surface area contributed by atoms with Crippen molar-refractivity contribution in [2.75, 3.05) is 13.1 Å². The summed E-state index contributed by atoms with van der Waals surface area (Å²) in [6, 6.07) is 2.38. The highest BCUT2D eigenvalue weighted by molar-refractivity contribution is 5.97. The van der Waals surface area contributed by atoms with Gasteiger partial charge in [-0.1, -0.05) is 53.0 Å². The number of allylic oxidation sites excluding steroid dienone is 4. The Kier molecular flexibility index (Phi) is 11.5. The van der Waals surface area contributed by atoms with Gasteiger partial charge in [-0.25, -0.2) is 9.79 Å². The zero-order chi connectivity index (χ0) is 38.2. The van der Waals surface area contributed by atoms with Crippen LogP contribution in [0.1, 0.15) is 162 Å². The second-order valence-electron chi connectivity index (χ2n) is 17.6. The highest BCUT2D eigenvalue weighted by atomic mass is 16.6. The minimum Gasteiger partial charge on any atom is -0.444 e. The van der Waals surface area contributed by atoms with Crippen LogP contribution in [0.5, 0.6) is 0 Å². The summed E-state index contributed by atoms with van der Waals surface area (Å²) in [5.41, 5.74) is 4.94. The van der Waals surface area contributed by atoms with Gasteiger partial charge in [0.25, 0.3) is 0 Å². The summed E-state index contributed by atoms with van der Waals surface area (Å²) >= 11 is 0. The second kappa shape index (κ2) is 15.6. The summed E-state index contributed by atoms with van der Waals surface area (Å²) in [6.45, 7) is 19.6. The first kappa shape index (κ1) is 39.1. The van der Waals surface area contributed by atoms with E-state index < -0.39 is 11.1 Å². The third-order valence-electron chi connectivity index (χ3n) is 12.5. The van der Waals surface area contributed by atoms with Crippen molar-refractivity contribution >= 4 is 23.9 Å². The number of nitrogens with one attached hydrogen (secondary N) is 1. The second-order valence-corrected chi connectivity index (χ2v) is 17.6. The van der Waals surface area contributed by atoms with E-state index in [9.17, 15) is 14.4 Å². The number of hydrogen-bond donors (Lipinski definition) is 1. The van der Waals surface area contributed by atoms with Crippen LogP contribution in [-0.4, -0.2) is 62.4 Å². The van der Waals surface area contributed by atoms with Crippen LogP contribution in [0.2, 0.25) is 0 Å². The minimum absolute atomic E-state index is 0.0370.